The summed E-state index contributed by atoms with van der Waals surface area (Å²) < 4.78 is 76.2. The second kappa shape index (κ2) is 29.2. The van der Waals surface area contributed by atoms with Gasteiger partial charge in [0.05, 0.1) is 145 Å². The van der Waals surface area contributed by atoms with Gasteiger partial charge in [0.1, 0.15) is 36.3 Å². The summed E-state index contributed by atoms with van der Waals surface area (Å²) in [5, 5.41) is 13.6. The third-order valence-electron chi connectivity index (χ3n) is 10.8. The van der Waals surface area contributed by atoms with E-state index in [4.69, 9.17) is 72.7 Å². The number of aromatic nitrogens is 4. The fourth-order valence-corrected chi connectivity index (χ4v) is 7.54. The van der Waals surface area contributed by atoms with Gasteiger partial charge in [0, 0.05) is 19.5 Å². The number of fused-ring (bicyclic) bond motifs is 1. The Labute approximate surface area is 377 Å². The van der Waals surface area contributed by atoms with Crippen LogP contribution in [0.5, 0.6) is 0 Å². The Morgan fingerprint density at radius 1 is 0.766 bits per heavy atom. The minimum atomic E-state index is -2.39. The normalized spacial score (nSPS) is 21.1. The number of rotatable bonds is 38. The van der Waals surface area contributed by atoms with Crippen LogP contribution in [0.1, 0.15) is 33.4 Å². The molecule has 3 heterocycles. The number of carbonyl (C=O) groups is 1. The van der Waals surface area contributed by atoms with E-state index in [1.54, 1.807) is 10.9 Å². The maximum absolute atomic E-state index is 13.0. The second-order valence-corrected chi connectivity index (χ2v) is 21.4. The number of carbonyl (C=O) groups excluding carboxylic acids is 1. The number of amides is 1. The van der Waals surface area contributed by atoms with Crippen LogP contribution in [-0.2, 0) is 66.1 Å². The first-order chi connectivity index (χ1) is 30.9. The van der Waals surface area contributed by atoms with Crippen molar-refractivity contribution in [3.05, 3.63) is 12.7 Å². The van der Waals surface area contributed by atoms with Gasteiger partial charge in [-0.2, -0.15) is 0 Å². The zero-order chi connectivity index (χ0) is 46.1. The maximum atomic E-state index is 13.0. The van der Waals surface area contributed by atoms with Gasteiger partial charge < -0.3 is 83.2 Å². The molecule has 1 saturated carbocycles. The summed E-state index contributed by atoms with van der Waals surface area (Å²) in [5.41, 5.74) is 11.3. The van der Waals surface area contributed by atoms with Crippen molar-refractivity contribution in [2.24, 2.45) is 5.73 Å². The summed E-state index contributed by atoms with van der Waals surface area (Å²) in [6.07, 6.45) is 0.322. The number of nitrogens with zero attached hydrogens (tertiary/aromatic N) is 4. The lowest BCUT2D eigenvalue weighted by molar-refractivity contribution is -0.132. The highest BCUT2D eigenvalue weighted by Gasteiger charge is 2.71. The number of anilines is 1. The number of nitrogens with one attached hydrogen (secondary N) is 1. The minimum Gasteiger partial charge on any atom is -0.408 e. The molecule has 0 bridgehead atoms. The van der Waals surface area contributed by atoms with Crippen LogP contribution in [0.3, 0.4) is 0 Å². The van der Waals surface area contributed by atoms with Gasteiger partial charge in [0.15, 0.2) is 26.0 Å². The highest BCUT2D eigenvalue weighted by molar-refractivity contribution is 6.74. The van der Waals surface area contributed by atoms with Crippen molar-refractivity contribution in [2.45, 2.75) is 75.5 Å². The number of nitrogens with two attached hydrogens (primary N) is 2. The number of aliphatic hydroxyl groups is 1. The van der Waals surface area contributed by atoms with Gasteiger partial charge in [-0.1, -0.05) is 20.8 Å². The first-order valence-electron chi connectivity index (χ1n) is 22.2. The van der Waals surface area contributed by atoms with E-state index < -0.39 is 38.5 Å². The third kappa shape index (κ3) is 18.3. The van der Waals surface area contributed by atoms with Crippen LogP contribution in [0.25, 0.3) is 11.2 Å². The Bertz CT molecular complexity index is 1580. The van der Waals surface area contributed by atoms with Crippen LogP contribution in [0.4, 0.5) is 5.82 Å². The molecule has 2 aromatic heterocycles. The molecule has 6 N–H and O–H groups in total. The molecule has 23 heteroatoms. The molecule has 1 saturated heterocycles. The summed E-state index contributed by atoms with van der Waals surface area (Å²) in [5.74, 6) is -0.108. The zero-order valence-electron chi connectivity index (χ0n) is 38.5. The van der Waals surface area contributed by atoms with E-state index >= 15 is 0 Å². The largest absolute Gasteiger partial charge is 0.408 e. The highest BCUT2D eigenvalue weighted by Crippen LogP contribution is 2.57. The SMILES string of the molecule is CC(C)(C)[Si](C)(C)O[C@H]1[C@@H](OCC(=O)NCCOCCOCCOCCOCCOCCOCCOCCOCCOCCOCCN)[C@H](n2cnc3c(N)ncnc32)OC12CC2O. The third-order valence-corrected chi connectivity index (χ3v) is 15.2. The first kappa shape index (κ1) is 54.0. The molecule has 2 unspecified atom stereocenters. The summed E-state index contributed by atoms with van der Waals surface area (Å²) in [7, 11) is -2.39. The Kier molecular flexibility index (Phi) is 24.7. The smallest absolute Gasteiger partial charge is 0.246 e. The van der Waals surface area contributed by atoms with Crippen LogP contribution >= 0.6 is 0 Å². The maximum Gasteiger partial charge on any atom is 0.246 e. The topological polar surface area (TPSA) is 265 Å². The number of hydrogen-bond donors (Lipinski definition) is 4. The molecule has 2 fully saturated rings. The van der Waals surface area contributed by atoms with Gasteiger partial charge in [-0.3, -0.25) is 9.36 Å². The van der Waals surface area contributed by atoms with E-state index in [1.165, 1.54) is 6.33 Å². The number of imidazole rings is 1. The molecule has 4 rings (SSSR count). The van der Waals surface area contributed by atoms with Gasteiger partial charge in [0.2, 0.25) is 5.91 Å². The zero-order valence-corrected chi connectivity index (χ0v) is 39.5. The van der Waals surface area contributed by atoms with Crippen molar-refractivity contribution < 1.29 is 71.2 Å². The van der Waals surface area contributed by atoms with Crippen molar-refractivity contribution in [1.29, 1.82) is 0 Å². The second-order valence-electron chi connectivity index (χ2n) is 16.6. The highest BCUT2D eigenvalue weighted by atomic mass is 28.4. The van der Waals surface area contributed by atoms with Crippen LogP contribution in [0, 0.1) is 0 Å². The van der Waals surface area contributed by atoms with Gasteiger partial charge in [-0.15, -0.1) is 0 Å². The molecule has 1 aliphatic heterocycles. The van der Waals surface area contributed by atoms with Crippen LogP contribution in [0.15, 0.2) is 12.7 Å². The van der Waals surface area contributed by atoms with Gasteiger partial charge in [-0.25, -0.2) is 15.0 Å². The Balaban J connectivity index is 0.954. The molecular weight excluding hydrogens is 859 g/mol. The minimum absolute atomic E-state index is 0.130. The van der Waals surface area contributed by atoms with E-state index in [0.717, 1.165) is 0 Å². The predicted molar refractivity (Wildman–Crippen MR) is 235 cm³/mol. The molecule has 0 aromatic carbocycles. The summed E-state index contributed by atoms with van der Waals surface area (Å²) in [6.45, 7) is 20.5. The van der Waals surface area contributed by atoms with E-state index in [-0.39, 0.29) is 29.9 Å². The molecule has 64 heavy (non-hydrogen) atoms. The molecule has 2 aliphatic rings. The fraction of sp³-hybridized carbons (Fsp3) is 0.854. The van der Waals surface area contributed by atoms with Crippen molar-refractivity contribution in [1.82, 2.24) is 24.8 Å². The van der Waals surface area contributed by atoms with E-state index in [9.17, 15) is 9.90 Å². The molecule has 1 amide bonds. The average molecular weight is 934 g/mol. The lowest BCUT2D eigenvalue weighted by Gasteiger charge is -2.40. The number of ether oxygens (including phenoxy) is 12. The van der Waals surface area contributed by atoms with Gasteiger partial charge in [0.25, 0.3) is 0 Å². The quantitative estimate of drug-likeness (QED) is 0.0526. The lowest BCUT2D eigenvalue weighted by Crippen LogP contribution is -2.51. The van der Waals surface area contributed by atoms with E-state index in [2.05, 4.69) is 54.1 Å². The van der Waals surface area contributed by atoms with Gasteiger partial charge >= 0.3 is 0 Å². The Morgan fingerprint density at radius 2 is 1.20 bits per heavy atom. The molecule has 22 nitrogen and oxygen atoms in total. The van der Waals surface area contributed by atoms with E-state index in [1.807, 2.05) is 0 Å². The molecule has 1 spiro atoms. The van der Waals surface area contributed by atoms with Crippen molar-refractivity contribution in [3.8, 4) is 0 Å². The van der Waals surface area contributed by atoms with Crippen LogP contribution < -0.4 is 16.8 Å². The molecule has 368 valence electrons. The van der Waals surface area contributed by atoms with Crippen molar-refractivity contribution >= 4 is 31.2 Å². The molecule has 1 aliphatic carbocycles. The fourth-order valence-electron chi connectivity index (χ4n) is 6.21. The Morgan fingerprint density at radius 3 is 1.62 bits per heavy atom. The monoisotopic (exact) mass is 934 g/mol. The molecule has 2 aromatic rings. The lowest BCUT2D eigenvalue weighted by atomic mass is 10.1. The summed E-state index contributed by atoms with van der Waals surface area (Å²) in [4.78, 5) is 25.8. The van der Waals surface area contributed by atoms with E-state index in [0.29, 0.717) is 156 Å². The summed E-state index contributed by atoms with van der Waals surface area (Å²) >= 11 is 0. The van der Waals surface area contributed by atoms with Crippen LogP contribution in [-0.4, -0.2) is 215 Å². The Hall–Kier alpha value is -2.56. The molecular formula is C41H75N7O15Si. The number of aliphatic hydroxyl groups excluding tert-OH is 1. The number of hydrogen-bond acceptors (Lipinski definition) is 20. The van der Waals surface area contributed by atoms with Crippen molar-refractivity contribution in [2.75, 3.05) is 158 Å². The molecule has 5 atom stereocenters. The first-order valence-corrected chi connectivity index (χ1v) is 25.1. The standard InChI is InChI=1S/C41H75N7O15Si/c1-40(2,3)64(4,5)63-36-35(39(62-41(36)28-32(41)49)48-31-47-34-37(43)45-30-46-38(34)48)61-29-33(50)44-7-9-52-11-13-54-15-17-56-19-21-58-23-25-60-27-26-59-24-22-57-20-18-55-16-14-53-12-10-51-8-6-42/h30-32,35-36,39,49H,6-29,42H2,1-5H3,(H,44,50)(H2,43,45,46)/t32?,35-,36+,39-,41?/m1/s1. The predicted octanol–water partition coefficient (Wildman–Crippen LogP) is 0.457. The molecule has 0 radical (unpaired) electrons. The van der Waals surface area contributed by atoms with Crippen molar-refractivity contribution in [3.63, 3.8) is 0 Å². The van der Waals surface area contributed by atoms with Gasteiger partial charge in [-0.05, 0) is 18.1 Å². The van der Waals surface area contributed by atoms with Crippen LogP contribution in [0.2, 0.25) is 18.1 Å². The summed E-state index contributed by atoms with van der Waals surface area (Å²) in [6, 6.07) is 0. The average Bonchev–Trinajstić information content (AvgIpc) is 3.55. The number of nitrogen functional groups attached to an aromatic ring is 1.